The van der Waals surface area contributed by atoms with Gasteiger partial charge in [0, 0.05) is 38.4 Å². The van der Waals surface area contributed by atoms with Gasteiger partial charge in [-0.1, -0.05) is 12.7 Å². The summed E-state index contributed by atoms with van der Waals surface area (Å²) < 4.78 is 18.7. The summed E-state index contributed by atoms with van der Waals surface area (Å²) in [4.78, 5) is 42.1. The fourth-order valence-electron chi connectivity index (χ4n) is 4.74. The van der Waals surface area contributed by atoms with Crippen molar-refractivity contribution >= 4 is 23.6 Å². The molecule has 198 valence electrons. The lowest BCUT2D eigenvalue weighted by Gasteiger charge is -2.25. The molecule has 1 aromatic carbocycles. The quantitative estimate of drug-likeness (QED) is 0.410. The second-order valence-corrected chi connectivity index (χ2v) is 9.17. The monoisotopic (exact) mass is 510 g/mol. The number of nitrogens with one attached hydrogen (secondary N) is 1. The molecule has 2 aromatic rings. The van der Waals surface area contributed by atoms with Gasteiger partial charge in [-0.05, 0) is 44.4 Å². The summed E-state index contributed by atoms with van der Waals surface area (Å²) in [6.45, 7) is 7.32. The molecule has 0 bridgehead atoms. The van der Waals surface area contributed by atoms with Crippen molar-refractivity contribution in [2.75, 3.05) is 44.9 Å². The Hall–Kier alpha value is -3.95. The van der Waals surface area contributed by atoms with Gasteiger partial charge in [0.25, 0.3) is 11.8 Å². The van der Waals surface area contributed by atoms with E-state index in [-0.39, 0.29) is 24.5 Å². The molecule has 0 saturated carbocycles. The fourth-order valence-corrected chi connectivity index (χ4v) is 4.74. The molecule has 3 amide bonds. The second kappa shape index (κ2) is 11.4. The highest BCUT2D eigenvalue weighted by Gasteiger charge is 2.39. The lowest BCUT2D eigenvalue weighted by molar-refractivity contribution is 0.0746. The van der Waals surface area contributed by atoms with Crippen LogP contribution in [-0.4, -0.2) is 73.4 Å². The molecule has 3 heterocycles. The van der Waals surface area contributed by atoms with Crippen LogP contribution >= 0.6 is 0 Å². The number of benzene rings is 1. The van der Waals surface area contributed by atoms with Crippen molar-refractivity contribution in [1.29, 1.82) is 0 Å². The third-order valence-electron chi connectivity index (χ3n) is 6.85. The molecule has 2 aliphatic rings. The molecule has 37 heavy (non-hydrogen) atoms. The summed E-state index contributed by atoms with van der Waals surface area (Å²) in [5.41, 5.74) is 2.40. The molecule has 1 atom stereocenters. The zero-order valence-corrected chi connectivity index (χ0v) is 21.6. The highest BCUT2D eigenvalue weighted by Crippen LogP contribution is 2.39. The average molecular weight is 511 g/mol. The van der Waals surface area contributed by atoms with E-state index in [4.69, 9.17) is 14.2 Å². The highest BCUT2D eigenvalue weighted by atomic mass is 16.6. The fraction of sp³-hybridized carbons (Fsp3) is 0.444. The zero-order chi connectivity index (χ0) is 26.5. The van der Waals surface area contributed by atoms with Gasteiger partial charge in [0.05, 0.1) is 31.0 Å². The van der Waals surface area contributed by atoms with E-state index in [0.29, 0.717) is 61.1 Å². The number of carbonyl (C=O) groups is 3. The molecular formula is C27H34N4O6. The molecule has 4 rings (SSSR count). The van der Waals surface area contributed by atoms with Crippen molar-refractivity contribution in [3.63, 3.8) is 0 Å². The Morgan fingerprint density at radius 3 is 2.76 bits per heavy atom. The van der Waals surface area contributed by atoms with Gasteiger partial charge in [-0.3, -0.25) is 14.5 Å². The van der Waals surface area contributed by atoms with Crippen LogP contribution in [0.3, 0.4) is 0 Å². The van der Waals surface area contributed by atoms with E-state index < -0.39 is 6.09 Å². The smallest absolute Gasteiger partial charge is 0.414 e. The first-order chi connectivity index (χ1) is 17.8. The number of ether oxygens (including phenoxy) is 3. The Balaban J connectivity index is 1.48. The van der Waals surface area contributed by atoms with Crippen LogP contribution in [-0.2, 0) is 11.8 Å². The number of methoxy groups -OCH3 is 1. The molecule has 1 aromatic heterocycles. The molecule has 2 aliphatic heterocycles. The first-order valence-electron chi connectivity index (χ1n) is 12.5. The van der Waals surface area contributed by atoms with Gasteiger partial charge in [-0.2, -0.15) is 0 Å². The van der Waals surface area contributed by atoms with Crippen molar-refractivity contribution in [2.45, 2.75) is 32.2 Å². The number of amides is 3. The van der Waals surface area contributed by atoms with Crippen LogP contribution in [0.2, 0.25) is 0 Å². The maximum absolute atomic E-state index is 13.4. The number of carbonyl (C=O) groups excluding carboxylic acids is 3. The third kappa shape index (κ3) is 5.42. The van der Waals surface area contributed by atoms with Crippen LogP contribution in [0.5, 0.6) is 11.5 Å². The van der Waals surface area contributed by atoms with Gasteiger partial charge < -0.3 is 29.0 Å². The Bertz CT molecular complexity index is 1190. The molecule has 0 radical (unpaired) electrons. The predicted molar refractivity (Wildman–Crippen MR) is 139 cm³/mol. The maximum Gasteiger partial charge on any atom is 0.414 e. The number of nitrogens with zero attached hydrogens (tertiary/aromatic N) is 3. The number of hydrogen-bond acceptors (Lipinski definition) is 6. The SMILES string of the molecule is C=CCOC(=O)N1CC2CCCN2C(=O)c2cc(OC)c(OCCCNC(=O)c3ccc(C)n3C)cc21. The van der Waals surface area contributed by atoms with Crippen LogP contribution in [0.25, 0.3) is 0 Å². The minimum absolute atomic E-state index is 0.0700. The van der Waals surface area contributed by atoms with Crippen LogP contribution in [0.4, 0.5) is 10.5 Å². The van der Waals surface area contributed by atoms with Crippen LogP contribution in [0, 0.1) is 6.92 Å². The van der Waals surface area contributed by atoms with Gasteiger partial charge >= 0.3 is 6.09 Å². The average Bonchev–Trinajstić information content (AvgIpc) is 3.48. The van der Waals surface area contributed by atoms with Gasteiger partial charge in [-0.25, -0.2) is 4.79 Å². The van der Waals surface area contributed by atoms with E-state index in [2.05, 4.69) is 11.9 Å². The normalized spacial score (nSPS) is 16.5. The summed E-state index contributed by atoms with van der Waals surface area (Å²) >= 11 is 0. The molecule has 10 nitrogen and oxygen atoms in total. The first-order valence-corrected chi connectivity index (χ1v) is 12.5. The van der Waals surface area contributed by atoms with Crippen LogP contribution < -0.4 is 19.7 Å². The zero-order valence-electron chi connectivity index (χ0n) is 21.6. The Kier molecular flexibility index (Phi) is 8.05. The van der Waals surface area contributed by atoms with Crippen LogP contribution in [0.1, 0.15) is 45.8 Å². The Morgan fingerprint density at radius 2 is 2.05 bits per heavy atom. The van der Waals surface area contributed by atoms with Crippen LogP contribution in [0.15, 0.2) is 36.9 Å². The largest absolute Gasteiger partial charge is 0.493 e. The molecule has 1 unspecified atom stereocenters. The summed E-state index contributed by atoms with van der Waals surface area (Å²) in [7, 11) is 3.36. The Labute approximate surface area is 216 Å². The number of aryl methyl sites for hydroxylation is 1. The number of aromatic nitrogens is 1. The van der Waals surface area contributed by atoms with E-state index in [1.807, 2.05) is 29.5 Å². The van der Waals surface area contributed by atoms with E-state index in [1.54, 1.807) is 18.2 Å². The van der Waals surface area contributed by atoms with E-state index in [1.165, 1.54) is 18.1 Å². The lowest BCUT2D eigenvalue weighted by Crippen LogP contribution is -2.42. The van der Waals surface area contributed by atoms with E-state index in [9.17, 15) is 14.4 Å². The van der Waals surface area contributed by atoms with Crippen molar-refractivity contribution in [3.8, 4) is 11.5 Å². The van der Waals surface area contributed by atoms with Crippen molar-refractivity contribution in [3.05, 3.63) is 53.9 Å². The number of hydrogen-bond donors (Lipinski definition) is 1. The summed E-state index contributed by atoms with van der Waals surface area (Å²) in [5, 5.41) is 2.90. The summed E-state index contributed by atoms with van der Waals surface area (Å²) in [5.74, 6) is 0.514. The summed E-state index contributed by atoms with van der Waals surface area (Å²) in [6, 6.07) is 6.90. The van der Waals surface area contributed by atoms with Gasteiger partial charge in [-0.15, -0.1) is 0 Å². The second-order valence-electron chi connectivity index (χ2n) is 9.17. The topological polar surface area (TPSA) is 102 Å². The van der Waals surface area contributed by atoms with Crippen molar-refractivity contribution < 1.29 is 28.6 Å². The molecule has 1 saturated heterocycles. The molecular weight excluding hydrogens is 476 g/mol. The summed E-state index contributed by atoms with van der Waals surface area (Å²) in [6.07, 6.45) is 3.22. The number of fused-ring (bicyclic) bond motifs is 2. The van der Waals surface area contributed by atoms with Gasteiger partial charge in [0.2, 0.25) is 0 Å². The van der Waals surface area contributed by atoms with Gasteiger partial charge in [0.1, 0.15) is 12.3 Å². The number of anilines is 1. The van der Waals surface area contributed by atoms with Crippen molar-refractivity contribution in [1.82, 2.24) is 14.8 Å². The van der Waals surface area contributed by atoms with Gasteiger partial charge in [0.15, 0.2) is 11.5 Å². The minimum Gasteiger partial charge on any atom is -0.493 e. The molecule has 10 heteroatoms. The minimum atomic E-state index is -0.544. The Morgan fingerprint density at radius 1 is 1.24 bits per heavy atom. The van der Waals surface area contributed by atoms with Crippen molar-refractivity contribution in [2.24, 2.45) is 7.05 Å². The predicted octanol–water partition coefficient (Wildman–Crippen LogP) is 3.29. The number of rotatable bonds is 9. The highest BCUT2D eigenvalue weighted by molar-refractivity contribution is 6.05. The maximum atomic E-state index is 13.4. The third-order valence-corrected chi connectivity index (χ3v) is 6.85. The standard InChI is InChI=1S/C27H34N4O6/c1-5-13-37-27(34)31-17-19-8-6-12-30(19)26(33)20-15-23(35-4)24(16-22(20)31)36-14-7-11-28-25(32)21-10-9-18(2)29(21)3/h5,9-10,15-16,19H,1,6-8,11-14,17H2,2-4H3,(H,28,32). The molecule has 0 spiro atoms. The molecule has 1 N–H and O–H groups in total. The lowest BCUT2D eigenvalue weighted by atomic mass is 10.1. The molecule has 1 fully saturated rings. The molecule has 0 aliphatic carbocycles. The van der Waals surface area contributed by atoms with E-state index in [0.717, 1.165) is 18.5 Å². The first kappa shape index (κ1) is 26.1. The van der Waals surface area contributed by atoms with E-state index >= 15 is 0 Å².